The van der Waals surface area contributed by atoms with Crippen molar-refractivity contribution in [3.63, 3.8) is 0 Å². The predicted molar refractivity (Wildman–Crippen MR) is 95.3 cm³/mol. The minimum atomic E-state index is -0.227. The normalized spacial score (nSPS) is 10.6. The van der Waals surface area contributed by atoms with Gasteiger partial charge in [0.15, 0.2) is 0 Å². The number of pyridine rings is 1. The van der Waals surface area contributed by atoms with Gasteiger partial charge in [0.25, 0.3) is 5.91 Å². The lowest BCUT2D eigenvalue weighted by Crippen LogP contribution is -2.28. The van der Waals surface area contributed by atoms with Crippen molar-refractivity contribution < 1.29 is 4.79 Å². The van der Waals surface area contributed by atoms with Crippen LogP contribution in [0.5, 0.6) is 0 Å². The highest BCUT2D eigenvalue weighted by molar-refractivity contribution is 7.14. The molecule has 0 bridgehead atoms. The number of aromatic amines is 1. The number of nitrogens with two attached hydrogens (primary N) is 1. The Morgan fingerprint density at radius 3 is 2.65 bits per heavy atom. The van der Waals surface area contributed by atoms with Crippen LogP contribution in [-0.2, 0) is 6.54 Å². The van der Waals surface area contributed by atoms with Crippen LogP contribution in [0.2, 0.25) is 0 Å². The highest BCUT2D eigenvalue weighted by Crippen LogP contribution is 2.27. The molecule has 0 radical (unpaired) electrons. The molecule has 0 unspecified atom stereocenters. The summed E-state index contributed by atoms with van der Waals surface area (Å²) in [5.41, 5.74) is 9.13. The number of hydrogen-bond acceptors (Lipinski definition) is 5. The van der Waals surface area contributed by atoms with Crippen molar-refractivity contribution in [2.24, 2.45) is 0 Å². The number of thiophene rings is 1. The zero-order chi connectivity index (χ0) is 17.1. The van der Waals surface area contributed by atoms with Gasteiger partial charge in [-0.1, -0.05) is 0 Å². The summed E-state index contributed by atoms with van der Waals surface area (Å²) in [6.07, 6.45) is 0. The van der Waals surface area contributed by atoms with E-state index in [2.05, 4.69) is 15.6 Å². The van der Waals surface area contributed by atoms with E-state index >= 15 is 0 Å². The third-order valence-electron chi connectivity index (χ3n) is 3.80. The van der Waals surface area contributed by atoms with Gasteiger partial charge >= 0.3 is 0 Å². The van der Waals surface area contributed by atoms with Gasteiger partial charge in [0.1, 0.15) is 0 Å². The number of nitrogens with one attached hydrogen (secondary N) is 3. The van der Waals surface area contributed by atoms with Crippen LogP contribution in [0, 0.1) is 20.8 Å². The molecule has 1 amide bonds. The molecule has 124 valence electrons. The van der Waals surface area contributed by atoms with E-state index in [1.807, 2.05) is 19.2 Å². The Morgan fingerprint density at radius 2 is 2.00 bits per heavy atom. The van der Waals surface area contributed by atoms with E-state index in [1.165, 1.54) is 11.3 Å². The van der Waals surface area contributed by atoms with Gasteiger partial charge < -0.3 is 21.4 Å². The van der Waals surface area contributed by atoms with E-state index in [9.17, 15) is 9.59 Å². The minimum absolute atomic E-state index is 0.149. The average Bonchev–Trinajstić information content (AvgIpc) is 2.86. The van der Waals surface area contributed by atoms with E-state index in [4.69, 9.17) is 5.73 Å². The van der Waals surface area contributed by atoms with Crippen molar-refractivity contribution in [3.05, 3.63) is 43.7 Å². The van der Waals surface area contributed by atoms with Crippen LogP contribution in [0.25, 0.3) is 0 Å². The third kappa shape index (κ3) is 3.39. The van der Waals surface area contributed by atoms with Crippen LogP contribution in [-0.4, -0.2) is 17.4 Å². The van der Waals surface area contributed by atoms with Gasteiger partial charge in [-0.3, -0.25) is 9.59 Å². The van der Waals surface area contributed by atoms with E-state index < -0.39 is 0 Å². The lowest BCUT2D eigenvalue weighted by molar-refractivity contribution is 0.0950. The first kappa shape index (κ1) is 17.1. The Kier molecular flexibility index (Phi) is 5.10. The summed E-state index contributed by atoms with van der Waals surface area (Å²) in [4.78, 5) is 27.6. The van der Waals surface area contributed by atoms with Crippen molar-refractivity contribution >= 4 is 27.9 Å². The molecule has 2 heterocycles. The fourth-order valence-corrected chi connectivity index (χ4v) is 3.41. The van der Waals surface area contributed by atoms with Crippen molar-refractivity contribution in [2.75, 3.05) is 17.6 Å². The van der Waals surface area contributed by atoms with Gasteiger partial charge in [0.2, 0.25) is 5.43 Å². The zero-order valence-corrected chi connectivity index (χ0v) is 14.6. The van der Waals surface area contributed by atoms with E-state index in [0.717, 1.165) is 22.8 Å². The highest BCUT2D eigenvalue weighted by atomic mass is 32.1. The maximum Gasteiger partial charge on any atom is 0.252 e. The molecule has 5 N–H and O–H groups in total. The van der Waals surface area contributed by atoms with Gasteiger partial charge in [-0.25, -0.2) is 0 Å². The van der Waals surface area contributed by atoms with Gasteiger partial charge in [-0.15, -0.1) is 11.3 Å². The molecule has 2 rings (SSSR count). The Hall–Kier alpha value is -2.28. The fraction of sp³-hybridized carbons (Fsp3) is 0.375. The molecule has 0 atom stereocenters. The highest BCUT2D eigenvalue weighted by Gasteiger charge is 2.16. The number of carbonyl (C=O) groups is 1. The Balaban J connectivity index is 2.17. The molecule has 0 aromatic carbocycles. The third-order valence-corrected chi connectivity index (χ3v) is 4.84. The van der Waals surface area contributed by atoms with E-state index in [-0.39, 0.29) is 23.6 Å². The SMILES string of the molecule is CCNc1scc(C(=O)NCc2c(C)[nH]c(C)c(N)c2=O)c1C. The molecule has 0 saturated carbocycles. The van der Waals surface area contributed by atoms with Crippen LogP contribution in [0.15, 0.2) is 10.2 Å². The molecule has 23 heavy (non-hydrogen) atoms. The lowest BCUT2D eigenvalue weighted by Gasteiger charge is -2.10. The zero-order valence-electron chi connectivity index (χ0n) is 13.8. The molecule has 7 heteroatoms. The van der Waals surface area contributed by atoms with Crippen LogP contribution in [0.3, 0.4) is 0 Å². The summed E-state index contributed by atoms with van der Waals surface area (Å²) in [5.74, 6) is -0.194. The average molecular weight is 334 g/mol. The van der Waals surface area contributed by atoms with Crippen molar-refractivity contribution in [2.45, 2.75) is 34.2 Å². The monoisotopic (exact) mass is 334 g/mol. The summed E-state index contributed by atoms with van der Waals surface area (Å²) in [6.45, 7) is 8.43. The van der Waals surface area contributed by atoms with Crippen molar-refractivity contribution in [1.29, 1.82) is 0 Å². The van der Waals surface area contributed by atoms with Crippen LogP contribution in [0.1, 0.15) is 39.8 Å². The first-order valence-corrected chi connectivity index (χ1v) is 8.32. The topological polar surface area (TPSA) is 100 Å². The number of rotatable bonds is 5. The predicted octanol–water partition coefficient (Wildman–Crippen LogP) is 2.31. The quantitative estimate of drug-likeness (QED) is 0.674. The maximum absolute atomic E-state index is 12.4. The fourth-order valence-electron chi connectivity index (χ4n) is 2.38. The molecule has 0 aliphatic heterocycles. The van der Waals surface area contributed by atoms with Crippen LogP contribution < -0.4 is 21.8 Å². The summed E-state index contributed by atoms with van der Waals surface area (Å²) < 4.78 is 0. The number of H-pyrrole nitrogens is 1. The molecule has 0 saturated heterocycles. The van der Waals surface area contributed by atoms with E-state index in [0.29, 0.717) is 16.8 Å². The Bertz CT molecular complexity index is 792. The lowest BCUT2D eigenvalue weighted by atomic mass is 10.1. The number of carbonyl (C=O) groups excluding carboxylic acids is 1. The summed E-state index contributed by atoms with van der Waals surface area (Å²) in [6, 6.07) is 0. The van der Waals surface area contributed by atoms with Gasteiger partial charge in [-0.2, -0.15) is 0 Å². The number of aryl methyl sites for hydroxylation is 2. The summed E-state index contributed by atoms with van der Waals surface area (Å²) in [7, 11) is 0. The molecular formula is C16H22N4O2S. The largest absolute Gasteiger partial charge is 0.394 e. The molecular weight excluding hydrogens is 312 g/mol. The van der Waals surface area contributed by atoms with E-state index in [1.54, 1.807) is 13.8 Å². The van der Waals surface area contributed by atoms with Gasteiger partial charge in [0, 0.05) is 35.4 Å². The first-order chi connectivity index (χ1) is 10.9. The minimum Gasteiger partial charge on any atom is -0.394 e. The smallest absolute Gasteiger partial charge is 0.252 e. The van der Waals surface area contributed by atoms with Gasteiger partial charge in [-0.05, 0) is 33.3 Å². The molecule has 0 fully saturated rings. The number of amides is 1. The molecule has 0 aliphatic rings. The summed E-state index contributed by atoms with van der Waals surface area (Å²) in [5, 5.41) is 8.84. The van der Waals surface area contributed by atoms with Crippen molar-refractivity contribution in [3.8, 4) is 0 Å². The first-order valence-electron chi connectivity index (χ1n) is 7.44. The van der Waals surface area contributed by atoms with Crippen LogP contribution >= 0.6 is 11.3 Å². The van der Waals surface area contributed by atoms with Gasteiger partial charge in [0.05, 0.1) is 16.3 Å². The molecule has 0 spiro atoms. The standard InChI is InChI=1S/C16H22N4O2S/c1-5-18-16-8(2)12(7-23-16)15(22)19-6-11-9(3)20-10(4)13(17)14(11)21/h7,18H,5-6,17H2,1-4H3,(H,19,22)(H,20,21). The Morgan fingerprint density at radius 1 is 1.30 bits per heavy atom. The number of nitrogen functional groups attached to an aromatic ring is 1. The number of anilines is 2. The molecule has 6 nitrogen and oxygen atoms in total. The van der Waals surface area contributed by atoms with Crippen LogP contribution in [0.4, 0.5) is 10.7 Å². The molecule has 0 aliphatic carbocycles. The Labute approximate surface area is 139 Å². The summed E-state index contributed by atoms with van der Waals surface area (Å²) >= 11 is 1.50. The second-order valence-electron chi connectivity index (χ2n) is 5.41. The number of hydrogen-bond donors (Lipinski definition) is 4. The number of aromatic nitrogens is 1. The van der Waals surface area contributed by atoms with Crippen molar-refractivity contribution in [1.82, 2.24) is 10.3 Å². The maximum atomic E-state index is 12.4. The second-order valence-corrected chi connectivity index (χ2v) is 6.29. The molecule has 2 aromatic heterocycles. The second kappa shape index (κ2) is 6.87. The molecule has 2 aromatic rings.